The zero-order valence-corrected chi connectivity index (χ0v) is 16.7. The summed E-state index contributed by atoms with van der Waals surface area (Å²) in [6, 6.07) is 5.09. The van der Waals surface area contributed by atoms with E-state index < -0.39 is 27.0 Å². The van der Waals surface area contributed by atoms with E-state index in [4.69, 9.17) is 25.8 Å². The van der Waals surface area contributed by atoms with Gasteiger partial charge in [0.25, 0.3) is 0 Å². The van der Waals surface area contributed by atoms with Crippen LogP contribution in [0.1, 0.15) is 25.3 Å². The van der Waals surface area contributed by atoms with Crippen LogP contribution in [0.3, 0.4) is 0 Å². The van der Waals surface area contributed by atoms with Crippen molar-refractivity contribution in [2.75, 3.05) is 24.5 Å². The molecule has 1 aliphatic carbocycles. The molecule has 1 atom stereocenters. The van der Waals surface area contributed by atoms with Gasteiger partial charge in [-0.1, -0.05) is 23.7 Å². The Morgan fingerprint density at radius 1 is 1.37 bits per heavy atom. The molecule has 1 N–H and O–H groups in total. The average Bonchev–Trinajstić information content (AvgIpc) is 3.06. The highest BCUT2D eigenvalue weighted by Crippen LogP contribution is 2.38. The third-order valence-electron chi connectivity index (χ3n) is 4.61. The van der Waals surface area contributed by atoms with Crippen LogP contribution < -0.4 is 4.72 Å². The molecule has 1 heterocycles. The number of nitrogens with one attached hydrogen (secondary N) is 1. The minimum Gasteiger partial charge on any atom is -0.463 e. The normalized spacial score (nSPS) is 21.7. The van der Waals surface area contributed by atoms with Crippen LogP contribution in [-0.4, -0.2) is 45.2 Å². The maximum atomic E-state index is 13.1. The number of rotatable bonds is 5. The van der Waals surface area contributed by atoms with E-state index in [9.17, 15) is 13.2 Å². The summed E-state index contributed by atoms with van der Waals surface area (Å²) in [7, 11) is -3.95. The minimum atomic E-state index is -3.95. The molecule has 148 valence electrons. The van der Waals surface area contributed by atoms with Gasteiger partial charge in [-0.3, -0.25) is 4.72 Å². The van der Waals surface area contributed by atoms with E-state index in [1.54, 1.807) is 32.0 Å². The van der Waals surface area contributed by atoms with Crippen LogP contribution in [0.2, 0.25) is 5.02 Å². The molecule has 0 radical (unpaired) electrons. The molecule has 1 spiro atoms. The molecule has 9 heteroatoms. The third-order valence-corrected chi connectivity index (χ3v) is 6.65. The van der Waals surface area contributed by atoms with Crippen molar-refractivity contribution in [3.05, 3.63) is 40.4 Å². The number of carbonyl (C=O) groups is 1. The molecule has 1 aliphatic heterocycles. The van der Waals surface area contributed by atoms with Crippen LogP contribution in [0.4, 0.5) is 5.69 Å². The molecule has 0 saturated carbocycles. The zero-order valence-electron chi connectivity index (χ0n) is 15.2. The summed E-state index contributed by atoms with van der Waals surface area (Å²) in [5, 5.41) is -0.805. The Hall–Kier alpha value is -1.61. The largest absolute Gasteiger partial charge is 0.463 e. The quantitative estimate of drug-likeness (QED) is 0.743. The first-order valence-corrected chi connectivity index (χ1v) is 10.6. The monoisotopic (exact) mass is 415 g/mol. The predicted octanol–water partition coefficient (Wildman–Crippen LogP) is 2.79. The summed E-state index contributed by atoms with van der Waals surface area (Å²) in [6.07, 6.45) is 1.93. The van der Waals surface area contributed by atoms with Crippen molar-refractivity contribution in [2.24, 2.45) is 0 Å². The van der Waals surface area contributed by atoms with E-state index in [1.165, 1.54) is 6.08 Å². The fraction of sp³-hybridized carbons (Fsp3) is 0.500. The predicted molar refractivity (Wildman–Crippen MR) is 101 cm³/mol. The molecule has 2 aliphatic rings. The van der Waals surface area contributed by atoms with Gasteiger partial charge in [-0.15, -0.1) is 0 Å². The number of ether oxygens (including phenoxy) is 3. The molecular formula is C18H22ClNO6S. The lowest BCUT2D eigenvalue weighted by molar-refractivity contribution is -0.143. The van der Waals surface area contributed by atoms with Crippen LogP contribution in [-0.2, 0) is 29.0 Å². The lowest BCUT2D eigenvalue weighted by atomic mass is 9.94. The van der Waals surface area contributed by atoms with Crippen LogP contribution in [0.15, 0.2) is 29.8 Å². The van der Waals surface area contributed by atoms with Crippen LogP contribution in [0.25, 0.3) is 0 Å². The van der Waals surface area contributed by atoms with Gasteiger partial charge in [0.2, 0.25) is 10.0 Å². The van der Waals surface area contributed by atoms with Gasteiger partial charge in [0, 0.05) is 6.42 Å². The SMILES string of the molecule is CCOC(=O)C1=CC2(CCC1S(=O)(=O)Nc1c(C)cccc1Cl)OCCO2. The topological polar surface area (TPSA) is 90.9 Å². The highest BCUT2D eigenvalue weighted by molar-refractivity contribution is 7.93. The van der Waals surface area contributed by atoms with Gasteiger partial charge in [-0.05, 0) is 38.0 Å². The number of anilines is 1. The first kappa shape index (κ1) is 20.1. The van der Waals surface area contributed by atoms with E-state index in [2.05, 4.69) is 4.72 Å². The van der Waals surface area contributed by atoms with E-state index >= 15 is 0 Å². The van der Waals surface area contributed by atoms with Crippen molar-refractivity contribution in [1.82, 2.24) is 0 Å². The lowest BCUT2D eigenvalue weighted by Crippen LogP contribution is -2.42. The molecule has 1 saturated heterocycles. The Bertz CT molecular complexity index is 840. The van der Waals surface area contributed by atoms with Gasteiger partial charge >= 0.3 is 5.97 Å². The summed E-state index contributed by atoms with van der Waals surface area (Å²) in [5.74, 6) is -1.75. The Morgan fingerprint density at radius 3 is 2.70 bits per heavy atom. The molecular weight excluding hydrogens is 394 g/mol. The highest BCUT2D eigenvalue weighted by atomic mass is 35.5. The lowest BCUT2D eigenvalue weighted by Gasteiger charge is -2.33. The first-order chi connectivity index (χ1) is 12.8. The second-order valence-corrected chi connectivity index (χ2v) is 8.71. The molecule has 0 aromatic heterocycles. The average molecular weight is 416 g/mol. The summed E-state index contributed by atoms with van der Waals surface area (Å²) in [6.45, 7) is 4.33. The standard InChI is InChI=1S/C18H22ClNO6S/c1-3-24-17(21)13-11-18(25-9-10-26-18)8-7-15(13)27(22,23)20-16-12(2)5-4-6-14(16)19/h4-6,11,15,20H,3,7-10H2,1-2H3. The van der Waals surface area contributed by atoms with Crippen molar-refractivity contribution in [1.29, 1.82) is 0 Å². The summed E-state index contributed by atoms with van der Waals surface area (Å²) < 4.78 is 45.0. The van der Waals surface area contributed by atoms with Crippen molar-refractivity contribution >= 4 is 33.3 Å². The van der Waals surface area contributed by atoms with E-state index in [1.807, 2.05) is 0 Å². The van der Waals surface area contributed by atoms with E-state index in [-0.39, 0.29) is 23.6 Å². The van der Waals surface area contributed by atoms with Gasteiger partial charge in [0.1, 0.15) is 5.25 Å². The summed E-state index contributed by atoms with van der Waals surface area (Å²) in [4.78, 5) is 12.5. The van der Waals surface area contributed by atoms with Gasteiger partial charge in [-0.2, -0.15) is 0 Å². The first-order valence-electron chi connectivity index (χ1n) is 8.72. The second-order valence-electron chi connectivity index (χ2n) is 6.44. The molecule has 1 aromatic carbocycles. The summed E-state index contributed by atoms with van der Waals surface area (Å²) >= 11 is 6.15. The Morgan fingerprint density at radius 2 is 2.07 bits per heavy atom. The Kier molecular flexibility index (Phi) is 5.81. The second kappa shape index (κ2) is 7.79. The fourth-order valence-electron chi connectivity index (χ4n) is 3.29. The van der Waals surface area contributed by atoms with Crippen LogP contribution in [0, 0.1) is 6.92 Å². The highest BCUT2D eigenvalue weighted by Gasteiger charge is 2.46. The molecule has 3 rings (SSSR count). The molecule has 0 bridgehead atoms. The van der Waals surface area contributed by atoms with Gasteiger partial charge in [0.15, 0.2) is 5.79 Å². The fourth-order valence-corrected chi connectivity index (χ4v) is 5.24. The zero-order chi connectivity index (χ0) is 19.7. The van der Waals surface area contributed by atoms with Crippen molar-refractivity contribution in [2.45, 2.75) is 37.7 Å². The maximum Gasteiger partial charge on any atom is 0.335 e. The van der Waals surface area contributed by atoms with Crippen molar-refractivity contribution in [3.8, 4) is 0 Å². The van der Waals surface area contributed by atoms with Crippen molar-refractivity contribution in [3.63, 3.8) is 0 Å². The number of esters is 1. The molecule has 0 amide bonds. The van der Waals surface area contributed by atoms with Crippen LogP contribution in [0.5, 0.6) is 0 Å². The smallest absolute Gasteiger partial charge is 0.335 e. The number of para-hydroxylation sites is 1. The minimum absolute atomic E-state index is 0.0159. The van der Waals surface area contributed by atoms with Gasteiger partial charge in [0.05, 0.1) is 36.1 Å². The van der Waals surface area contributed by atoms with Crippen molar-refractivity contribution < 1.29 is 27.4 Å². The van der Waals surface area contributed by atoms with Crippen LogP contribution >= 0.6 is 11.6 Å². The maximum absolute atomic E-state index is 13.1. The van der Waals surface area contributed by atoms with E-state index in [0.717, 1.165) is 0 Å². The molecule has 27 heavy (non-hydrogen) atoms. The Labute approximate surface area is 163 Å². The number of hydrogen-bond acceptors (Lipinski definition) is 6. The number of aryl methyl sites for hydroxylation is 1. The molecule has 1 unspecified atom stereocenters. The number of benzene rings is 1. The van der Waals surface area contributed by atoms with Gasteiger partial charge in [-0.25, -0.2) is 13.2 Å². The molecule has 7 nitrogen and oxygen atoms in total. The Balaban J connectivity index is 1.96. The number of hydrogen-bond donors (Lipinski definition) is 1. The molecule has 1 fully saturated rings. The number of sulfonamides is 1. The number of carbonyl (C=O) groups excluding carboxylic acids is 1. The molecule has 1 aromatic rings. The third kappa shape index (κ3) is 4.13. The van der Waals surface area contributed by atoms with E-state index in [0.29, 0.717) is 30.9 Å². The summed E-state index contributed by atoms with van der Waals surface area (Å²) in [5.41, 5.74) is 1.00. The van der Waals surface area contributed by atoms with Gasteiger partial charge < -0.3 is 14.2 Å². The number of halogens is 1.